The van der Waals surface area contributed by atoms with Gasteiger partial charge >= 0.3 is 0 Å². The number of rotatable bonds is 6. The second-order valence-electron chi connectivity index (χ2n) is 3.90. The molecule has 0 bridgehead atoms. The van der Waals surface area contributed by atoms with Gasteiger partial charge in [-0.25, -0.2) is 0 Å². The summed E-state index contributed by atoms with van der Waals surface area (Å²) in [7, 11) is 0. The van der Waals surface area contributed by atoms with E-state index < -0.39 is 0 Å². The summed E-state index contributed by atoms with van der Waals surface area (Å²) in [4.78, 5) is 4.27. The molecule has 0 radical (unpaired) electrons. The van der Waals surface area contributed by atoms with Gasteiger partial charge in [-0.05, 0) is 24.6 Å². The van der Waals surface area contributed by atoms with E-state index in [1.807, 2.05) is 6.07 Å². The molecule has 2 heterocycles. The van der Waals surface area contributed by atoms with Crippen molar-refractivity contribution in [2.75, 3.05) is 11.9 Å². The van der Waals surface area contributed by atoms with Gasteiger partial charge in [-0.2, -0.15) is 4.98 Å². The average Bonchev–Trinajstić information content (AvgIpc) is 2.90. The van der Waals surface area contributed by atoms with Gasteiger partial charge in [-0.1, -0.05) is 30.1 Å². The van der Waals surface area contributed by atoms with E-state index in [0.29, 0.717) is 27.5 Å². The van der Waals surface area contributed by atoms with Gasteiger partial charge < -0.3 is 14.5 Å². The van der Waals surface area contributed by atoms with Gasteiger partial charge in [0.2, 0.25) is 5.88 Å². The quantitative estimate of drug-likeness (QED) is 0.860. The summed E-state index contributed by atoms with van der Waals surface area (Å²) in [5.41, 5.74) is 0. The molecule has 2 rings (SSSR count). The van der Waals surface area contributed by atoms with Crippen LogP contribution in [0.25, 0.3) is 0 Å². The SMILES string of the molecule is CCCNc1nc(OCc2ccco2)c(Cl)cc1Cl. The number of nitrogens with one attached hydrogen (secondary N) is 1. The van der Waals surface area contributed by atoms with Crippen molar-refractivity contribution < 1.29 is 9.15 Å². The number of anilines is 1. The highest BCUT2D eigenvalue weighted by atomic mass is 35.5. The van der Waals surface area contributed by atoms with Crippen LogP contribution in [0, 0.1) is 0 Å². The number of hydrogen-bond donors (Lipinski definition) is 1. The Morgan fingerprint density at radius 3 is 2.89 bits per heavy atom. The molecule has 0 fully saturated rings. The number of nitrogens with zero attached hydrogens (tertiary/aromatic N) is 1. The van der Waals surface area contributed by atoms with Crippen molar-refractivity contribution in [3.8, 4) is 5.88 Å². The molecule has 6 heteroatoms. The van der Waals surface area contributed by atoms with E-state index in [-0.39, 0.29) is 6.61 Å². The van der Waals surface area contributed by atoms with Crippen molar-refractivity contribution in [2.45, 2.75) is 20.0 Å². The van der Waals surface area contributed by atoms with Gasteiger partial charge in [-0.15, -0.1) is 0 Å². The monoisotopic (exact) mass is 300 g/mol. The van der Waals surface area contributed by atoms with E-state index in [4.69, 9.17) is 32.4 Å². The Morgan fingerprint density at radius 1 is 1.37 bits per heavy atom. The van der Waals surface area contributed by atoms with Crippen LogP contribution in [0.5, 0.6) is 5.88 Å². The minimum atomic E-state index is 0.272. The normalized spacial score (nSPS) is 10.5. The molecule has 0 unspecified atom stereocenters. The number of halogens is 2. The van der Waals surface area contributed by atoms with Crippen LogP contribution in [-0.4, -0.2) is 11.5 Å². The first-order valence-corrected chi connectivity index (χ1v) is 6.71. The lowest BCUT2D eigenvalue weighted by Gasteiger charge is -2.10. The molecular formula is C13H14Cl2N2O2. The van der Waals surface area contributed by atoms with Crippen molar-refractivity contribution >= 4 is 29.0 Å². The Bertz CT molecular complexity index is 530. The molecule has 0 saturated carbocycles. The third-order valence-corrected chi connectivity index (χ3v) is 2.93. The molecule has 0 saturated heterocycles. The zero-order valence-electron chi connectivity index (χ0n) is 10.5. The van der Waals surface area contributed by atoms with Gasteiger partial charge in [0.15, 0.2) is 0 Å². The molecule has 0 aliphatic heterocycles. The summed E-state index contributed by atoms with van der Waals surface area (Å²) in [6.45, 7) is 3.12. The molecule has 0 aromatic carbocycles. The topological polar surface area (TPSA) is 47.3 Å². The van der Waals surface area contributed by atoms with E-state index >= 15 is 0 Å². The molecule has 2 aromatic rings. The number of aromatic nitrogens is 1. The molecular weight excluding hydrogens is 287 g/mol. The van der Waals surface area contributed by atoms with Crippen LogP contribution in [0.1, 0.15) is 19.1 Å². The number of ether oxygens (including phenoxy) is 1. The molecule has 4 nitrogen and oxygen atoms in total. The molecule has 19 heavy (non-hydrogen) atoms. The summed E-state index contributed by atoms with van der Waals surface area (Å²) in [5, 5.41) is 3.97. The Balaban J connectivity index is 2.10. The van der Waals surface area contributed by atoms with Crippen LogP contribution in [0.3, 0.4) is 0 Å². The Kier molecular flexibility index (Phi) is 4.93. The van der Waals surface area contributed by atoms with Crippen molar-refractivity contribution in [2.24, 2.45) is 0 Å². The van der Waals surface area contributed by atoms with E-state index in [2.05, 4.69) is 17.2 Å². The molecule has 0 spiro atoms. The summed E-state index contributed by atoms with van der Waals surface area (Å²) < 4.78 is 10.7. The Labute approximate surface area is 121 Å². The lowest BCUT2D eigenvalue weighted by molar-refractivity contribution is 0.261. The predicted molar refractivity (Wildman–Crippen MR) is 76.1 cm³/mol. The third kappa shape index (κ3) is 3.78. The molecule has 0 aliphatic rings. The van der Waals surface area contributed by atoms with Gasteiger partial charge in [0, 0.05) is 6.54 Å². The molecule has 2 aromatic heterocycles. The van der Waals surface area contributed by atoms with Crippen molar-refractivity contribution in [3.05, 3.63) is 40.3 Å². The zero-order chi connectivity index (χ0) is 13.7. The highest BCUT2D eigenvalue weighted by Crippen LogP contribution is 2.31. The number of hydrogen-bond acceptors (Lipinski definition) is 4. The lowest BCUT2D eigenvalue weighted by atomic mass is 10.4. The molecule has 0 aliphatic carbocycles. The maximum absolute atomic E-state index is 6.05. The van der Waals surface area contributed by atoms with Crippen molar-refractivity contribution in [1.82, 2.24) is 4.98 Å². The van der Waals surface area contributed by atoms with Crippen molar-refractivity contribution in [1.29, 1.82) is 0 Å². The Morgan fingerprint density at radius 2 is 2.21 bits per heavy atom. The number of furan rings is 1. The van der Waals surface area contributed by atoms with Crippen LogP contribution in [0.15, 0.2) is 28.9 Å². The van der Waals surface area contributed by atoms with Crippen LogP contribution >= 0.6 is 23.2 Å². The van der Waals surface area contributed by atoms with E-state index in [0.717, 1.165) is 13.0 Å². The van der Waals surface area contributed by atoms with Crippen LogP contribution in [0.4, 0.5) is 5.82 Å². The van der Waals surface area contributed by atoms with E-state index in [1.165, 1.54) is 0 Å². The fraction of sp³-hybridized carbons (Fsp3) is 0.308. The molecule has 1 N–H and O–H groups in total. The molecule has 0 amide bonds. The second kappa shape index (κ2) is 6.68. The first-order chi connectivity index (χ1) is 9.20. The van der Waals surface area contributed by atoms with E-state index in [9.17, 15) is 0 Å². The first kappa shape index (κ1) is 14.0. The van der Waals surface area contributed by atoms with Gasteiger partial charge in [-0.3, -0.25) is 0 Å². The highest BCUT2D eigenvalue weighted by Gasteiger charge is 2.11. The van der Waals surface area contributed by atoms with E-state index in [1.54, 1.807) is 18.4 Å². The second-order valence-corrected chi connectivity index (χ2v) is 4.71. The highest BCUT2D eigenvalue weighted by molar-refractivity contribution is 6.36. The summed E-state index contributed by atoms with van der Waals surface area (Å²) in [6, 6.07) is 5.23. The minimum absolute atomic E-state index is 0.272. The molecule has 0 atom stereocenters. The lowest BCUT2D eigenvalue weighted by Crippen LogP contribution is -2.05. The predicted octanol–water partition coefficient (Wildman–Crippen LogP) is 4.38. The largest absolute Gasteiger partial charge is 0.468 e. The summed E-state index contributed by atoms with van der Waals surface area (Å²) in [6.07, 6.45) is 2.56. The summed E-state index contributed by atoms with van der Waals surface area (Å²) >= 11 is 12.1. The zero-order valence-corrected chi connectivity index (χ0v) is 12.0. The van der Waals surface area contributed by atoms with Crippen molar-refractivity contribution in [3.63, 3.8) is 0 Å². The van der Waals surface area contributed by atoms with Crippen LogP contribution < -0.4 is 10.1 Å². The van der Waals surface area contributed by atoms with Gasteiger partial charge in [0.05, 0.1) is 11.3 Å². The minimum Gasteiger partial charge on any atom is -0.468 e. The number of pyridine rings is 1. The molecule has 102 valence electrons. The maximum Gasteiger partial charge on any atom is 0.235 e. The first-order valence-electron chi connectivity index (χ1n) is 5.95. The smallest absolute Gasteiger partial charge is 0.235 e. The van der Waals surface area contributed by atoms with Gasteiger partial charge in [0.25, 0.3) is 0 Å². The van der Waals surface area contributed by atoms with Gasteiger partial charge in [0.1, 0.15) is 23.2 Å². The fourth-order valence-corrected chi connectivity index (χ4v) is 1.93. The van der Waals surface area contributed by atoms with Crippen LogP contribution in [0.2, 0.25) is 10.0 Å². The third-order valence-electron chi connectivity index (χ3n) is 2.37. The average molecular weight is 301 g/mol. The van der Waals surface area contributed by atoms with Crippen LogP contribution in [-0.2, 0) is 6.61 Å². The summed E-state index contributed by atoms with van der Waals surface area (Å²) in [5.74, 6) is 1.61. The Hall–Kier alpha value is -1.39. The fourth-order valence-electron chi connectivity index (χ4n) is 1.45. The maximum atomic E-state index is 6.05. The standard InChI is InChI=1S/C13H14Cl2N2O2/c1-2-5-16-12-10(14)7-11(15)13(17-12)19-8-9-4-3-6-18-9/h3-4,6-7H,2,5,8H2,1H3,(H,16,17).